The summed E-state index contributed by atoms with van der Waals surface area (Å²) in [6.45, 7) is 2.13. The van der Waals surface area contributed by atoms with Gasteiger partial charge in [-0.1, -0.05) is 31.2 Å². The third kappa shape index (κ3) is 7.31. The predicted molar refractivity (Wildman–Crippen MR) is 129 cm³/mol. The zero-order valence-corrected chi connectivity index (χ0v) is 20.8. The smallest absolute Gasteiger partial charge is 0.406 e. The van der Waals surface area contributed by atoms with Crippen molar-refractivity contribution in [3.05, 3.63) is 84.0 Å². The van der Waals surface area contributed by atoms with E-state index >= 15 is 0 Å². The maximum Gasteiger partial charge on any atom is 0.573 e. The highest BCUT2D eigenvalue weighted by atomic mass is 32.2. The Bertz CT molecular complexity index is 1220. The molecule has 0 amide bonds. The van der Waals surface area contributed by atoms with Crippen molar-refractivity contribution in [3.63, 3.8) is 0 Å². The van der Waals surface area contributed by atoms with Gasteiger partial charge in [0.15, 0.2) is 6.29 Å². The highest BCUT2D eigenvalue weighted by molar-refractivity contribution is 8.00. The van der Waals surface area contributed by atoms with Gasteiger partial charge in [-0.25, -0.2) is 18.4 Å². The van der Waals surface area contributed by atoms with E-state index in [2.05, 4.69) is 14.8 Å². The molecule has 1 aliphatic rings. The van der Waals surface area contributed by atoms with E-state index in [0.29, 0.717) is 5.56 Å². The molecule has 204 valence electrons. The number of hydrogen-bond donors (Lipinski definition) is 1. The maximum absolute atomic E-state index is 14.7. The molecule has 2 heterocycles. The number of thioether (sulfide) groups is 1. The zero-order valence-electron chi connectivity index (χ0n) is 20.0. The SMILES string of the molecule is C[C@@H](SC1COC(C=Cc2ccc(OC(F)(F)F)cc2)OC1)[C@](O)(Cn1cncn1)c1ccc(F)cc1F. The van der Waals surface area contributed by atoms with Gasteiger partial charge in [-0.05, 0) is 29.8 Å². The van der Waals surface area contributed by atoms with Crippen LogP contribution in [0.15, 0.2) is 61.2 Å². The first kappa shape index (κ1) is 28.0. The zero-order chi connectivity index (χ0) is 27.3. The van der Waals surface area contributed by atoms with Crippen molar-refractivity contribution in [2.45, 2.75) is 42.2 Å². The Morgan fingerprint density at radius 2 is 1.87 bits per heavy atom. The summed E-state index contributed by atoms with van der Waals surface area (Å²) in [5.41, 5.74) is -1.20. The number of aromatic nitrogens is 3. The largest absolute Gasteiger partial charge is 0.573 e. The summed E-state index contributed by atoms with van der Waals surface area (Å²) >= 11 is 1.33. The van der Waals surface area contributed by atoms with Crippen molar-refractivity contribution in [1.82, 2.24) is 14.8 Å². The van der Waals surface area contributed by atoms with E-state index in [1.165, 1.54) is 59.4 Å². The minimum absolute atomic E-state index is 0.0699. The Balaban J connectivity index is 1.36. The summed E-state index contributed by atoms with van der Waals surface area (Å²) in [5.74, 6) is -1.95. The molecule has 0 saturated carbocycles. The molecule has 0 unspecified atom stereocenters. The molecule has 2 atom stereocenters. The van der Waals surface area contributed by atoms with Crippen LogP contribution in [0.2, 0.25) is 0 Å². The van der Waals surface area contributed by atoms with E-state index in [9.17, 15) is 27.1 Å². The molecule has 1 aliphatic heterocycles. The van der Waals surface area contributed by atoms with E-state index in [4.69, 9.17) is 9.47 Å². The molecule has 7 nitrogen and oxygen atoms in total. The van der Waals surface area contributed by atoms with E-state index in [1.807, 2.05) is 0 Å². The quantitative estimate of drug-likeness (QED) is 0.375. The molecule has 2 aromatic carbocycles. The number of alkyl halides is 3. The van der Waals surface area contributed by atoms with E-state index in [1.54, 1.807) is 19.1 Å². The monoisotopic (exact) mass is 557 g/mol. The number of nitrogens with zero attached hydrogens (tertiary/aromatic N) is 3. The van der Waals surface area contributed by atoms with Gasteiger partial charge in [0.05, 0.1) is 25.0 Å². The standard InChI is InChI=1S/C25H24F5N3O4S/c1-16(24(34,13-33-15-31-14-32-33)21-8-5-18(26)10-22(21)27)38-20-11-35-23(36-12-20)9-4-17-2-6-19(7-3-17)37-25(28,29)30/h2-10,14-16,20,23,34H,11-13H2,1H3/t16-,20?,23?,24-/m1/s1. The molecule has 4 rings (SSSR count). The molecule has 0 aliphatic carbocycles. The first-order valence-corrected chi connectivity index (χ1v) is 12.4. The molecule has 1 N–H and O–H groups in total. The fraction of sp³-hybridized carbons (Fsp3) is 0.360. The van der Waals surface area contributed by atoms with Gasteiger partial charge in [-0.2, -0.15) is 5.10 Å². The van der Waals surface area contributed by atoms with Crippen LogP contribution in [0.3, 0.4) is 0 Å². The Kier molecular flexibility index (Phi) is 8.71. The van der Waals surface area contributed by atoms with Crippen molar-refractivity contribution in [1.29, 1.82) is 0 Å². The lowest BCUT2D eigenvalue weighted by Crippen LogP contribution is -2.43. The normalized spacial score (nSPS) is 20.8. The van der Waals surface area contributed by atoms with Gasteiger partial charge in [-0.3, -0.25) is 0 Å². The summed E-state index contributed by atoms with van der Waals surface area (Å²) < 4.78 is 81.8. The second kappa shape index (κ2) is 11.8. The van der Waals surface area contributed by atoms with Gasteiger partial charge in [0.25, 0.3) is 0 Å². The van der Waals surface area contributed by atoms with Crippen molar-refractivity contribution >= 4 is 17.8 Å². The number of benzene rings is 2. The lowest BCUT2D eigenvalue weighted by atomic mass is 9.90. The van der Waals surface area contributed by atoms with Crippen LogP contribution in [-0.4, -0.2) is 56.2 Å². The molecule has 1 saturated heterocycles. The highest BCUT2D eigenvalue weighted by Crippen LogP contribution is 2.38. The van der Waals surface area contributed by atoms with Crippen molar-refractivity contribution < 1.29 is 41.3 Å². The van der Waals surface area contributed by atoms with E-state index < -0.39 is 35.1 Å². The van der Waals surface area contributed by atoms with Crippen LogP contribution in [0.1, 0.15) is 18.1 Å². The third-order valence-corrected chi connectivity index (χ3v) is 7.24. The first-order valence-electron chi connectivity index (χ1n) is 11.4. The third-order valence-electron chi connectivity index (χ3n) is 5.79. The van der Waals surface area contributed by atoms with Gasteiger partial charge >= 0.3 is 6.36 Å². The van der Waals surface area contributed by atoms with Gasteiger partial charge in [0, 0.05) is 16.9 Å². The van der Waals surface area contributed by atoms with Gasteiger partial charge < -0.3 is 19.3 Å². The highest BCUT2D eigenvalue weighted by Gasteiger charge is 2.41. The van der Waals surface area contributed by atoms with Crippen molar-refractivity contribution in [2.75, 3.05) is 13.2 Å². The fourth-order valence-electron chi connectivity index (χ4n) is 3.90. The van der Waals surface area contributed by atoms with Crippen LogP contribution in [0.4, 0.5) is 22.0 Å². The number of hydrogen-bond acceptors (Lipinski definition) is 7. The van der Waals surface area contributed by atoms with Crippen LogP contribution < -0.4 is 4.74 Å². The molecule has 1 aromatic heterocycles. The number of aliphatic hydroxyl groups is 1. The molecule has 0 radical (unpaired) electrons. The summed E-state index contributed by atoms with van der Waals surface area (Å²) in [4.78, 5) is 3.86. The Hall–Kier alpha value is -3.00. The second-order valence-electron chi connectivity index (χ2n) is 8.55. The molecule has 38 heavy (non-hydrogen) atoms. The first-order chi connectivity index (χ1) is 18.0. The maximum atomic E-state index is 14.7. The lowest BCUT2D eigenvalue weighted by Gasteiger charge is -2.37. The lowest BCUT2D eigenvalue weighted by molar-refractivity contribution is -0.274. The summed E-state index contributed by atoms with van der Waals surface area (Å²) in [5, 5.41) is 14.8. The number of ether oxygens (including phenoxy) is 3. The van der Waals surface area contributed by atoms with Crippen LogP contribution in [0, 0.1) is 11.6 Å². The predicted octanol–water partition coefficient (Wildman–Crippen LogP) is 4.92. The molecule has 0 spiro atoms. The molecular weight excluding hydrogens is 533 g/mol. The van der Waals surface area contributed by atoms with Crippen LogP contribution in [0.25, 0.3) is 6.08 Å². The van der Waals surface area contributed by atoms with Gasteiger partial charge in [0.2, 0.25) is 0 Å². The molecule has 1 fully saturated rings. The molecule has 13 heteroatoms. The van der Waals surface area contributed by atoms with Crippen molar-refractivity contribution in [2.24, 2.45) is 0 Å². The Morgan fingerprint density at radius 1 is 1.16 bits per heavy atom. The Morgan fingerprint density at radius 3 is 2.47 bits per heavy atom. The van der Waals surface area contributed by atoms with Crippen LogP contribution in [0.5, 0.6) is 5.75 Å². The molecular formula is C25H24F5N3O4S. The van der Waals surface area contributed by atoms with Crippen LogP contribution in [-0.2, 0) is 21.6 Å². The van der Waals surface area contributed by atoms with Crippen molar-refractivity contribution in [3.8, 4) is 5.75 Å². The molecule has 3 aromatic rings. The summed E-state index contributed by atoms with van der Waals surface area (Å²) in [6.07, 6.45) is 0.513. The topological polar surface area (TPSA) is 78.6 Å². The minimum atomic E-state index is -4.76. The van der Waals surface area contributed by atoms with E-state index in [-0.39, 0.29) is 36.3 Å². The number of halogens is 5. The van der Waals surface area contributed by atoms with E-state index in [0.717, 1.165) is 12.1 Å². The summed E-state index contributed by atoms with van der Waals surface area (Å²) in [7, 11) is 0. The van der Waals surface area contributed by atoms with Gasteiger partial charge in [-0.15, -0.1) is 24.9 Å². The van der Waals surface area contributed by atoms with Gasteiger partial charge in [0.1, 0.15) is 35.6 Å². The Labute approximate surface area is 219 Å². The van der Waals surface area contributed by atoms with Crippen LogP contribution >= 0.6 is 11.8 Å². The number of rotatable bonds is 9. The summed E-state index contributed by atoms with van der Waals surface area (Å²) in [6, 6.07) is 8.36. The fourth-order valence-corrected chi connectivity index (χ4v) is 5.21. The average molecular weight is 558 g/mol. The molecule has 0 bridgehead atoms. The minimum Gasteiger partial charge on any atom is -0.406 e. The second-order valence-corrected chi connectivity index (χ2v) is 10.2. The average Bonchev–Trinajstić information content (AvgIpc) is 3.36.